The van der Waals surface area contributed by atoms with E-state index in [0.29, 0.717) is 18.7 Å². The number of para-hydroxylation sites is 1. The van der Waals surface area contributed by atoms with Crippen LogP contribution in [0.1, 0.15) is 33.2 Å². The molecule has 4 aromatic rings. The lowest BCUT2D eigenvalue weighted by Crippen LogP contribution is -2.40. The van der Waals surface area contributed by atoms with E-state index in [-0.39, 0.29) is 5.56 Å². The van der Waals surface area contributed by atoms with Crippen LogP contribution in [0.2, 0.25) is 0 Å². The van der Waals surface area contributed by atoms with Crippen LogP contribution >= 0.6 is 0 Å². The Morgan fingerprint density at radius 3 is 2.48 bits per heavy atom. The highest BCUT2D eigenvalue weighted by atomic mass is 19.1. The molecule has 3 aromatic carbocycles. The molecule has 1 amide bonds. The van der Waals surface area contributed by atoms with Crippen molar-refractivity contribution in [2.24, 2.45) is 0 Å². The van der Waals surface area contributed by atoms with Crippen LogP contribution in [0.4, 0.5) is 8.78 Å². The first-order valence-electron chi connectivity index (χ1n) is 10.6. The number of nitrogens with zero attached hydrogens (tertiary/aromatic N) is 1. The molecule has 5 nitrogen and oxygen atoms in total. The van der Waals surface area contributed by atoms with Gasteiger partial charge in [-0.15, -0.1) is 0 Å². The molecule has 0 saturated heterocycles. The third kappa shape index (κ3) is 3.59. The number of methoxy groups -OCH3 is 2. The van der Waals surface area contributed by atoms with Gasteiger partial charge in [0.1, 0.15) is 29.2 Å². The molecule has 0 aliphatic carbocycles. The number of hydrogen-bond acceptors (Lipinski definition) is 3. The van der Waals surface area contributed by atoms with Gasteiger partial charge in [-0.2, -0.15) is 0 Å². The molecular formula is C26H22F2N2O3. The third-order valence-corrected chi connectivity index (χ3v) is 6.14. The molecule has 1 N–H and O–H groups in total. The van der Waals surface area contributed by atoms with Crippen molar-refractivity contribution in [2.75, 3.05) is 20.8 Å². The molecule has 1 aromatic heterocycles. The van der Waals surface area contributed by atoms with Crippen LogP contribution in [0.25, 0.3) is 10.9 Å². The smallest absolute Gasteiger partial charge is 0.254 e. The summed E-state index contributed by atoms with van der Waals surface area (Å²) < 4.78 is 38.8. The highest BCUT2D eigenvalue weighted by molar-refractivity contribution is 5.96. The van der Waals surface area contributed by atoms with Crippen LogP contribution in [0, 0.1) is 11.6 Å². The van der Waals surface area contributed by atoms with Gasteiger partial charge in [-0.25, -0.2) is 8.78 Å². The van der Waals surface area contributed by atoms with Crippen molar-refractivity contribution in [3.05, 3.63) is 94.7 Å². The maximum atomic E-state index is 13.9. The van der Waals surface area contributed by atoms with E-state index in [9.17, 15) is 13.6 Å². The summed E-state index contributed by atoms with van der Waals surface area (Å²) in [6.07, 6.45) is 0.581. The van der Waals surface area contributed by atoms with Crippen molar-refractivity contribution in [3.8, 4) is 11.5 Å². The Morgan fingerprint density at radius 2 is 1.76 bits per heavy atom. The first-order valence-corrected chi connectivity index (χ1v) is 10.6. The second-order valence-corrected chi connectivity index (χ2v) is 7.98. The monoisotopic (exact) mass is 448 g/mol. The topological polar surface area (TPSA) is 54.6 Å². The van der Waals surface area contributed by atoms with E-state index < -0.39 is 23.6 Å². The van der Waals surface area contributed by atoms with Gasteiger partial charge >= 0.3 is 0 Å². The number of rotatable bonds is 4. The summed E-state index contributed by atoms with van der Waals surface area (Å²) in [6, 6.07) is 15.6. The number of nitrogens with one attached hydrogen (secondary N) is 1. The molecule has 5 rings (SSSR count). The number of H-pyrrole nitrogens is 1. The maximum Gasteiger partial charge on any atom is 0.254 e. The number of amides is 1. The fraction of sp³-hybridized carbons (Fsp3) is 0.192. The third-order valence-electron chi connectivity index (χ3n) is 6.14. The number of benzene rings is 3. The predicted octanol–water partition coefficient (Wildman–Crippen LogP) is 5.25. The highest BCUT2D eigenvalue weighted by Gasteiger charge is 2.36. The number of aromatic amines is 1. The summed E-state index contributed by atoms with van der Waals surface area (Å²) in [5.74, 6) is -0.668. The Balaban J connectivity index is 1.70. The summed E-state index contributed by atoms with van der Waals surface area (Å²) in [5, 5.41) is 1.02. The summed E-state index contributed by atoms with van der Waals surface area (Å²) >= 11 is 0. The maximum absolute atomic E-state index is 13.9. The minimum Gasteiger partial charge on any atom is -0.497 e. The lowest BCUT2D eigenvalue weighted by atomic mass is 9.91. The van der Waals surface area contributed by atoms with E-state index in [1.807, 2.05) is 42.5 Å². The van der Waals surface area contributed by atoms with E-state index in [1.165, 1.54) is 0 Å². The van der Waals surface area contributed by atoms with E-state index in [2.05, 4.69) is 4.98 Å². The molecule has 0 saturated carbocycles. The summed E-state index contributed by atoms with van der Waals surface area (Å²) in [4.78, 5) is 18.6. The van der Waals surface area contributed by atoms with Crippen LogP contribution < -0.4 is 9.47 Å². The molecule has 33 heavy (non-hydrogen) atoms. The second kappa shape index (κ2) is 8.24. The molecule has 0 radical (unpaired) electrons. The summed E-state index contributed by atoms with van der Waals surface area (Å²) in [6.45, 7) is 0.372. The zero-order chi connectivity index (χ0) is 23.1. The van der Waals surface area contributed by atoms with Crippen molar-refractivity contribution in [2.45, 2.75) is 12.5 Å². The molecule has 0 unspecified atom stereocenters. The summed E-state index contributed by atoms with van der Waals surface area (Å²) in [7, 11) is 3.20. The van der Waals surface area contributed by atoms with E-state index in [0.717, 1.165) is 51.7 Å². The van der Waals surface area contributed by atoms with Crippen molar-refractivity contribution in [1.29, 1.82) is 0 Å². The number of halogens is 2. The first-order chi connectivity index (χ1) is 16.0. The molecular weight excluding hydrogens is 426 g/mol. The largest absolute Gasteiger partial charge is 0.497 e. The van der Waals surface area contributed by atoms with Crippen molar-refractivity contribution >= 4 is 16.8 Å². The van der Waals surface area contributed by atoms with Crippen molar-refractivity contribution in [1.82, 2.24) is 9.88 Å². The molecule has 2 heterocycles. The van der Waals surface area contributed by atoms with Crippen molar-refractivity contribution in [3.63, 3.8) is 0 Å². The normalized spacial score (nSPS) is 15.4. The van der Waals surface area contributed by atoms with Gasteiger partial charge in [0, 0.05) is 40.3 Å². The number of ether oxygens (including phenoxy) is 2. The van der Waals surface area contributed by atoms with E-state index in [1.54, 1.807) is 19.1 Å². The fourth-order valence-electron chi connectivity index (χ4n) is 4.67. The van der Waals surface area contributed by atoms with Gasteiger partial charge in [0.25, 0.3) is 5.91 Å². The molecule has 0 bridgehead atoms. The first kappa shape index (κ1) is 21.0. The molecule has 1 aliphatic rings. The van der Waals surface area contributed by atoms with Gasteiger partial charge in [-0.1, -0.05) is 18.2 Å². The Labute approximate surface area is 189 Å². The lowest BCUT2D eigenvalue weighted by Gasteiger charge is -2.37. The van der Waals surface area contributed by atoms with Crippen molar-refractivity contribution < 1.29 is 23.0 Å². The van der Waals surface area contributed by atoms with Crippen LogP contribution in [0.3, 0.4) is 0 Å². The highest BCUT2D eigenvalue weighted by Crippen LogP contribution is 2.42. The molecule has 0 spiro atoms. The quantitative estimate of drug-likeness (QED) is 0.464. The van der Waals surface area contributed by atoms with E-state index in [4.69, 9.17) is 9.47 Å². The fourth-order valence-corrected chi connectivity index (χ4v) is 4.67. The van der Waals surface area contributed by atoms with Gasteiger partial charge in [0.15, 0.2) is 0 Å². The standard InChI is InChI=1S/C26H22F2N2O3/c1-32-18-7-8-22-21(14-18)19-9-10-30(26(31)15-11-16(27)13-17(28)12-15)25(24(19)29-22)20-5-3-4-6-23(20)33-2/h3-8,11-14,25,29H,9-10H2,1-2H3/t25-/m1/s1. The molecule has 0 fully saturated rings. The number of hydrogen-bond donors (Lipinski definition) is 1. The lowest BCUT2D eigenvalue weighted by molar-refractivity contribution is 0.0689. The van der Waals surface area contributed by atoms with Crippen LogP contribution in [-0.4, -0.2) is 36.6 Å². The number of carbonyl (C=O) groups is 1. The predicted molar refractivity (Wildman–Crippen MR) is 121 cm³/mol. The van der Waals surface area contributed by atoms with Crippen LogP contribution in [-0.2, 0) is 6.42 Å². The number of carbonyl (C=O) groups excluding carboxylic acids is 1. The zero-order valence-electron chi connectivity index (χ0n) is 18.2. The van der Waals surface area contributed by atoms with Gasteiger partial charge in [-0.05, 0) is 48.4 Å². The molecule has 7 heteroatoms. The molecule has 1 aliphatic heterocycles. The summed E-state index contributed by atoms with van der Waals surface area (Å²) in [5.41, 5.74) is 3.60. The SMILES string of the molecule is COc1ccc2[nH]c3c(c2c1)CCN(C(=O)c1cc(F)cc(F)c1)[C@@H]3c1ccccc1OC. The Bertz CT molecular complexity index is 1340. The Morgan fingerprint density at radius 1 is 1.00 bits per heavy atom. The molecule has 1 atom stereocenters. The number of fused-ring (bicyclic) bond motifs is 3. The average molecular weight is 448 g/mol. The van der Waals surface area contributed by atoms with Gasteiger partial charge in [0.05, 0.1) is 14.2 Å². The Hall–Kier alpha value is -3.87. The minimum absolute atomic E-state index is 0.0337. The van der Waals surface area contributed by atoms with Gasteiger partial charge < -0.3 is 19.4 Å². The van der Waals surface area contributed by atoms with E-state index >= 15 is 0 Å². The van der Waals surface area contributed by atoms with Crippen LogP contribution in [0.5, 0.6) is 11.5 Å². The van der Waals surface area contributed by atoms with Crippen LogP contribution in [0.15, 0.2) is 60.7 Å². The Kier molecular flexibility index (Phi) is 5.24. The second-order valence-electron chi connectivity index (χ2n) is 7.98. The minimum atomic E-state index is -0.789. The van der Waals surface area contributed by atoms with Gasteiger partial charge in [0.2, 0.25) is 0 Å². The zero-order valence-corrected chi connectivity index (χ0v) is 18.2. The number of aromatic nitrogens is 1. The van der Waals surface area contributed by atoms with Gasteiger partial charge in [-0.3, -0.25) is 4.79 Å². The molecule has 168 valence electrons. The average Bonchev–Trinajstić information content (AvgIpc) is 3.20.